The number of benzene rings is 3. The third-order valence-electron chi connectivity index (χ3n) is 5.80. The van der Waals surface area contributed by atoms with Crippen LogP contribution in [0.2, 0.25) is 0 Å². The van der Waals surface area contributed by atoms with Gasteiger partial charge in [0, 0.05) is 24.8 Å². The van der Waals surface area contributed by atoms with Gasteiger partial charge in [0.2, 0.25) is 0 Å². The SMILES string of the molecule is Cc1cccc(C(=O)NC2CCCN(c3cccc(F)c3)C2)c1NC(=O)c1ccccc1F. The van der Waals surface area contributed by atoms with Gasteiger partial charge in [0.15, 0.2) is 0 Å². The van der Waals surface area contributed by atoms with Gasteiger partial charge in [0.05, 0.1) is 16.8 Å². The lowest BCUT2D eigenvalue weighted by Crippen LogP contribution is -2.48. The van der Waals surface area contributed by atoms with Gasteiger partial charge in [-0.2, -0.15) is 0 Å². The summed E-state index contributed by atoms with van der Waals surface area (Å²) in [6.07, 6.45) is 1.65. The zero-order valence-electron chi connectivity index (χ0n) is 18.3. The van der Waals surface area contributed by atoms with Crippen LogP contribution in [0.25, 0.3) is 0 Å². The maximum Gasteiger partial charge on any atom is 0.258 e. The Morgan fingerprint density at radius 2 is 1.70 bits per heavy atom. The number of hydrogen-bond acceptors (Lipinski definition) is 3. The Labute approximate surface area is 191 Å². The molecule has 1 aliphatic rings. The van der Waals surface area contributed by atoms with Crippen molar-refractivity contribution >= 4 is 23.2 Å². The minimum Gasteiger partial charge on any atom is -0.369 e. The second kappa shape index (κ2) is 9.81. The third-order valence-corrected chi connectivity index (χ3v) is 5.80. The van der Waals surface area contributed by atoms with E-state index < -0.39 is 11.7 Å². The first kappa shape index (κ1) is 22.5. The number of rotatable bonds is 5. The monoisotopic (exact) mass is 449 g/mol. The topological polar surface area (TPSA) is 61.4 Å². The summed E-state index contributed by atoms with van der Waals surface area (Å²) in [6, 6.07) is 17.1. The lowest BCUT2D eigenvalue weighted by molar-refractivity contribution is 0.0934. The Morgan fingerprint density at radius 1 is 0.939 bits per heavy atom. The second-order valence-corrected chi connectivity index (χ2v) is 8.17. The molecular formula is C26H25F2N3O2. The highest BCUT2D eigenvalue weighted by molar-refractivity contribution is 6.09. The molecule has 0 saturated carbocycles. The quantitative estimate of drug-likeness (QED) is 0.581. The highest BCUT2D eigenvalue weighted by Gasteiger charge is 2.24. The van der Waals surface area contributed by atoms with Crippen LogP contribution in [0.1, 0.15) is 39.1 Å². The molecule has 2 N–H and O–H groups in total. The Morgan fingerprint density at radius 3 is 2.48 bits per heavy atom. The van der Waals surface area contributed by atoms with Crippen molar-refractivity contribution in [2.24, 2.45) is 0 Å². The molecule has 33 heavy (non-hydrogen) atoms. The molecule has 0 aliphatic carbocycles. The predicted molar refractivity (Wildman–Crippen MR) is 125 cm³/mol. The molecule has 0 aromatic heterocycles. The summed E-state index contributed by atoms with van der Waals surface area (Å²) in [4.78, 5) is 27.9. The van der Waals surface area contributed by atoms with Crippen molar-refractivity contribution in [1.82, 2.24) is 5.32 Å². The van der Waals surface area contributed by atoms with E-state index in [4.69, 9.17) is 0 Å². The number of amides is 2. The number of hydrogen-bond donors (Lipinski definition) is 2. The smallest absolute Gasteiger partial charge is 0.258 e. The van der Waals surface area contributed by atoms with Gasteiger partial charge in [-0.15, -0.1) is 0 Å². The molecule has 5 nitrogen and oxygen atoms in total. The Kier molecular flexibility index (Phi) is 6.68. The van der Waals surface area contributed by atoms with Crippen LogP contribution < -0.4 is 15.5 Å². The van der Waals surface area contributed by atoms with Gasteiger partial charge >= 0.3 is 0 Å². The van der Waals surface area contributed by atoms with Crippen molar-refractivity contribution in [1.29, 1.82) is 0 Å². The maximum absolute atomic E-state index is 14.0. The number of nitrogens with zero attached hydrogens (tertiary/aromatic N) is 1. The average Bonchev–Trinajstić information content (AvgIpc) is 2.80. The molecule has 2 amide bonds. The Balaban J connectivity index is 1.50. The molecule has 1 unspecified atom stereocenters. The van der Waals surface area contributed by atoms with E-state index in [0.29, 0.717) is 23.4 Å². The van der Waals surface area contributed by atoms with Crippen LogP contribution in [-0.2, 0) is 0 Å². The van der Waals surface area contributed by atoms with Gasteiger partial charge in [-0.3, -0.25) is 9.59 Å². The summed E-state index contributed by atoms with van der Waals surface area (Å²) in [5.41, 5.74) is 2.04. The van der Waals surface area contributed by atoms with Crippen LogP contribution in [0.3, 0.4) is 0 Å². The third kappa shape index (κ3) is 5.19. The van der Waals surface area contributed by atoms with Crippen molar-refractivity contribution in [2.45, 2.75) is 25.8 Å². The standard InChI is InChI=1S/C26H25F2N3O2/c1-17-7-4-12-22(24(17)30-25(32)21-11-2-3-13-23(21)28)26(33)29-19-9-6-14-31(16-19)20-10-5-8-18(27)15-20/h2-5,7-8,10-13,15,19H,6,9,14,16H2,1H3,(H,29,33)(H,30,32). The van der Waals surface area contributed by atoms with Crippen LogP contribution in [0.5, 0.6) is 0 Å². The number of aryl methyl sites for hydroxylation is 1. The molecule has 4 rings (SSSR count). The van der Waals surface area contributed by atoms with Crippen LogP contribution in [0, 0.1) is 18.6 Å². The fourth-order valence-corrected chi connectivity index (χ4v) is 4.11. The molecule has 170 valence electrons. The summed E-state index contributed by atoms with van der Waals surface area (Å²) in [5, 5.41) is 5.74. The van der Waals surface area contributed by atoms with E-state index in [1.54, 1.807) is 37.3 Å². The average molecular weight is 450 g/mol. The number of para-hydroxylation sites is 1. The lowest BCUT2D eigenvalue weighted by atomic mass is 10.0. The summed E-state index contributed by atoms with van der Waals surface area (Å²) in [5.74, 6) is -1.87. The molecule has 0 radical (unpaired) electrons. The molecule has 0 spiro atoms. The van der Waals surface area contributed by atoms with Gasteiger partial charge in [0.25, 0.3) is 11.8 Å². The van der Waals surface area contributed by atoms with Crippen LogP contribution in [0.4, 0.5) is 20.2 Å². The van der Waals surface area contributed by atoms with E-state index in [9.17, 15) is 18.4 Å². The number of halogens is 2. The zero-order valence-corrected chi connectivity index (χ0v) is 18.3. The van der Waals surface area contributed by atoms with Gasteiger partial charge < -0.3 is 15.5 Å². The normalized spacial score (nSPS) is 15.7. The highest BCUT2D eigenvalue weighted by Crippen LogP contribution is 2.24. The van der Waals surface area contributed by atoms with Crippen LogP contribution in [-0.4, -0.2) is 30.9 Å². The van der Waals surface area contributed by atoms with Gasteiger partial charge in [-0.05, 0) is 61.7 Å². The van der Waals surface area contributed by atoms with E-state index in [-0.39, 0.29) is 23.3 Å². The van der Waals surface area contributed by atoms with Crippen molar-refractivity contribution < 1.29 is 18.4 Å². The molecular weight excluding hydrogens is 424 g/mol. The van der Waals surface area contributed by atoms with Crippen molar-refractivity contribution in [2.75, 3.05) is 23.3 Å². The van der Waals surface area contributed by atoms with Gasteiger partial charge in [-0.1, -0.05) is 30.3 Å². The van der Waals surface area contributed by atoms with Crippen molar-refractivity contribution in [3.05, 3.63) is 95.1 Å². The van der Waals surface area contributed by atoms with E-state index in [0.717, 1.165) is 25.1 Å². The summed E-state index contributed by atoms with van der Waals surface area (Å²) in [7, 11) is 0. The minimum atomic E-state index is -0.630. The minimum absolute atomic E-state index is 0.0925. The lowest BCUT2D eigenvalue weighted by Gasteiger charge is -2.35. The zero-order chi connectivity index (χ0) is 23.4. The van der Waals surface area contributed by atoms with Crippen LogP contribution >= 0.6 is 0 Å². The van der Waals surface area contributed by atoms with Crippen molar-refractivity contribution in [3.8, 4) is 0 Å². The summed E-state index contributed by atoms with van der Waals surface area (Å²) in [6.45, 7) is 3.11. The van der Waals surface area contributed by atoms with Crippen molar-refractivity contribution in [3.63, 3.8) is 0 Å². The van der Waals surface area contributed by atoms with E-state index >= 15 is 0 Å². The largest absolute Gasteiger partial charge is 0.369 e. The summed E-state index contributed by atoms with van der Waals surface area (Å²) < 4.78 is 27.7. The Hall–Kier alpha value is -3.74. The fourth-order valence-electron chi connectivity index (χ4n) is 4.11. The van der Waals surface area contributed by atoms with Gasteiger partial charge in [-0.25, -0.2) is 8.78 Å². The molecule has 0 bridgehead atoms. The van der Waals surface area contributed by atoms with Crippen LogP contribution in [0.15, 0.2) is 66.7 Å². The highest BCUT2D eigenvalue weighted by atomic mass is 19.1. The fraction of sp³-hybridized carbons (Fsp3) is 0.231. The molecule has 1 saturated heterocycles. The molecule has 1 heterocycles. The molecule has 3 aromatic rings. The predicted octanol–water partition coefficient (Wildman–Crippen LogP) is 4.92. The maximum atomic E-state index is 14.0. The number of carbonyl (C=O) groups excluding carboxylic acids is 2. The second-order valence-electron chi connectivity index (χ2n) is 8.17. The first-order chi connectivity index (χ1) is 15.9. The molecule has 1 fully saturated rings. The number of anilines is 2. The Bertz CT molecular complexity index is 1180. The molecule has 7 heteroatoms. The van der Waals surface area contributed by atoms with E-state index in [1.165, 1.54) is 30.3 Å². The number of piperidine rings is 1. The molecule has 1 aliphatic heterocycles. The molecule has 1 atom stereocenters. The number of carbonyl (C=O) groups is 2. The number of nitrogens with one attached hydrogen (secondary N) is 2. The van der Waals surface area contributed by atoms with E-state index in [1.807, 2.05) is 6.07 Å². The first-order valence-corrected chi connectivity index (χ1v) is 10.9. The summed E-state index contributed by atoms with van der Waals surface area (Å²) >= 11 is 0. The first-order valence-electron chi connectivity index (χ1n) is 10.9. The van der Waals surface area contributed by atoms with E-state index in [2.05, 4.69) is 15.5 Å². The molecule has 3 aromatic carbocycles. The van der Waals surface area contributed by atoms with Gasteiger partial charge in [0.1, 0.15) is 11.6 Å².